The van der Waals surface area contributed by atoms with E-state index in [1.165, 1.54) is 0 Å². The molecule has 0 radical (unpaired) electrons. The Morgan fingerprint density at radius 3 is 2.61 bits per heavy atom. The van der Waals surface area contributed by atoms with Gasteiger partial charge in [-0.3, -0.25) is 19.3 Å². The minimum absolute atomic E-state index is 0.00958. The van der Waals surface area contributed by atoms with Gasteiger partial charge in [0.25, 0.3) is 11.8 Å². The average molecular weight is 599 g/mol. The molecule has 1 aromatic heterocycles. The Morgan fingerprint density at radius 2 is 1.86 bits per heavy atom. The zero-order chi connectivity index (χ0) is 30.1. The number of benzene rings is 1. The number of fused-ring (bicyclic) bond motifs is 3. The van der Waals surface area contributed by atoms with Crippen LogP contribution in [0.2, 0.25) is 0 Å². The van der Waals surface area contributed by atoms with E-state index in [1.54, 1.807) is 9.80 Å². The Kier molecular flexibility index (Phi) is 6.67. The number of amides is 3. The third-order valence-corrected chi connectivity index (χ3v) is 10.6. The van der Waals surface area contributed by atoms with Gasteiger partial charge >= 0.3 is 0 Å². The van der Waals surface area contributed by atoms with Gasteiger partial charge in [0.2, 0.25) is 5.91 Å². The molecule has 0 spiro atoms. The van der Waals surface area contributed by atoms with Crippen molar-refractivity contribution in [2.75, 3.05) is 31.3 Å². The first-order chi connectivity index (χ1) is 21.5. The normalized spacial score (nSPS) is 31.0. The summed E-state index contributed by atoms with van der Waals surface area (Å²) < 4.78 is 13.4. The number of carbonyl (C=O) groups is 3. The molecule has 2 aromatic rings. The number of hydrogen-bond donors (Lipinski definition) is 1. The fourth-order valence-corrected chi connectivity index (χ4v) is 8.22. The van der Waals surface area contributed by atoms with E-state index in [0.29, 0.717) is 62.4 Å². The van der Waals surface area contributed by atoms with E-state index in [-0.39, 0.29) is 41.6 Å². The molecule has 1 N–H and O–H groups in total. The van der Waals surface area contributed by atoms with Crippen molar-refractivity contribution in [2.24, 2.45) is 11.8 Å². The molecule has 1 unspecified atom stereocenters. The lowest BCUT2D eigenvalue weighted by Crippen LogP contribution is -2.57. The number of nitrogens with zero attached hydrogens (tertiary/aromatic N) is 5. The topological polar surface area (TPSA) is 130 Å². The van der Waals surface area contributed by atoms with Crippen LogP contribution in [0.25, 0.3) is 0 Å². The highest BCUT2D eigenvalue weighted by molar-refractivity contribution is 6.06. The third kappa shape index (κ3) is 4.32. The number of likely N-dealkylation sites (N-methyl/N-ethyl adjacent to an activating group) is 1. The molecule has 4 fully saturated rings. The number of nitrogens with one attached hydrogen (secondary N) is 1. The molecule has 4 aliphatic heterocycles. The molecular formula is C33H38N6O5. The molecule has 8 rings (SSSR count). The maximum Gasteiger partial charge on any atom is 0.276 e. The molecule has 5 heterocycles. The van der Waals surface area contributed by atoms with Gasteiger partial charge in [-0.25, -0.2) is 4.68 Å². The number of nitriles is 1. The van der Waals surface area contributed by atoms with Crippen LogP contribution in [0.3, 0.4) is 0 Å². The summed E-state index contributed by atoms with van der Waals surface area (Å²) in [6.07, 6.45) is 5.46. The summed E-state index contributed by atoms with van der Waals surface area (Å²) >= 11 is 0. The molecule has 11 heteroatoms. The second-order valence-electron chi connectivity index (χ2n) is 13.2. The van der Waals surface area contributed by atoms with Gasteiger partial charge in [-0.1, -0.05) is 18.2 Å². The van der Waals surface area contributed by atoms with Gasteiger partial charge < -0.3 is 19.7 Å². The van der Waals surface area contributed by atoms with E-state index in [0.717, 1.165) is 43.2 Å². The van der Waals surface area contributed by atoms with Gasteiger partial charge in [-0.15, -0.1) is 0 Å². The van der Waals surface area contributed by atoms with Crippen molar-refractivity contribution in [3.63, 3.8) is 0 Å². The molecule has 2 saturated heterocycles. The Labute approximate surface area is 256 Å². The first-order valence-electron chi connectivity index (χ1n) is 16.3. The van der Waals surface area contributed by atoms with Crippen LogP contribution in [0.5, 0.6) is 5.75 Å². The predicted molar refractivity (Wildman–Crippen MR) is 158 cm³/mol. The summed E-state index contributed by atoms with van der Waals surface area (Å²) in [6, 6.07) is 8.72. The molecule has 2 saturated carbocycles. The van der Waals surface area contributed by atoms with Crippen LogP contribution in [0.15, 0.2) is 24.3 Å². The fraction of sp³-hybridized carbons (Fsp3) is 0.606. The van der Waals surface area contributed by atoms with Crippen molar-refractivity contribution in [3.05, 3.63) is 41.1 Å². The molecule has 3 amide bonds. The molecule has 0 bridgehead atoms. The molecular weight excluding hydrogens is 560 g/mol. The van der Waals surface area contributed by atoms with Gasteiger partial charge in [0, 0.05) is 42.8 Å². The highest BCUT2D eigenvalue weighted by Crippen LogP contribution is 2.54. The monoisotopic (exact) mass is 598 g/mol. The van der Waals surface area contributed by atoms with Crippen LogP contribution < -0.4 is 15.0 Å². The quantitative estimate of drug-likeness (QED) is 0.540. The minimum Gasteiger partial charge on any atom is -0.493 e. The minimum atomic E-state index is -0.810. The Hall–Kier alpha value is -3.91. The van der Waals surface area contributed by atoms with E-state index in [9.17, 15) is 19.6 Å². The van der Waals surface area contributed by atoms with Gasteiger partial charge in [-0.05, 0) is 69.8 Å². The van der Waals surface area contributed by atoms with Crippen molar-refractivity contribution in [1.82, 2.24) is 20.0 Å². The highest BCUT2D eigenvalue weighted by atomic mass is 16.5. The number of aromatic nitrogens is 2. The number of para-hydroxylation sites is 1. The highest BCUT2D eigenvalue weighted by Gasteiger charge is 2.57. The average Bonchev–Trinajstić information content (AvgIpc) is 3.98. The lowest BCUT2D eigenvalue weighted by Gasteiger charge is -2.40. The number of rotatable bonds is 6. The van der Waals surface area contributed by atoms with Crippen molar-refractivity contribution in [1.29, 1.82) is 5.26 Å². The number of ether oxygens (including phenoxy) is 2. The molecule has 1 aromatic carbocycles. The zero-order valence-corrected chi connectivity index (χ0v) is 25.0. The van der Waals surface area contributed by atoms with Gasteiger partial charge in [0.1, 0.15) is 23.7 Å². The summed E-state index contributed by atoms with van der Waals surface area (Å²) in [4.78, 5) is 46.4. The van der Waals surface area contributed by atoms with Gasteiger partial charge in [0.15, 0.2) is 5.69 Å². The van der Waals surface area contributed by atoms with Crippen LogP contribution in [0.4, 0.5) is 5.82 Å². The Balaban J connectivity index is 1.22. The van der Waals surface area contributed by atoms with Crippen LogP contribution in [-0.4, -0.2) is 76.9 Å². The number of piperidine rings is 1. The van der Waals surface area contributed by atoms with Crippen LogP contribution in [-0.2, 0) is 14.3 Å². The summed E-state index contributed by atoms with van der Waals surface area (Å²) in [7, 11) is 0. The van der Waals surface area contributed by atoms with E-state index >= 15 is 0 Å². The van der Waals surface area contributed by atoms with E-state index in [2.05, 4.69) is 11.4 Å². The predicted octanol–water partition coefficient (Wildman–Crippen LogP) is 3.27. The molecule has 11 nitrogen and oxygen atoms in total. The van der Waals surface area contributed by atoms with Crippen molar-refractivity contribution >= 4 is 23.5 Å². The second-order valence-corrected chi connectivity index (χ2v) is 13.2. The zero-order valence-electron chi connectivity index (χ0n) is 25.0. The number of carbonyl (C=O) groups excluding carboxylic acids is 3. The van der Waals surface area contributed by atoms with Crippen LogP contribution >= 0.6 is 0 Å². The number of hydrogen-bond acceptors (Lipinski definition) is 7. The van der Waals surface area contributed by atoms with E-state index < -0.39 is 18.0 Å². The van der Waals surface area contributed by atoms with Gasteiger partial charge in [-0.2, -0.15) is 10.4 Å². The number of likely N-dealkylation sites (tertiary alicyclic amines) is 1. The number of anilines is 1. The first kappa shape index (κ1) is 27.6. The largest absolute Gasteiger partial charge is 0.493 e. The molecule has 6 atom stereocenters. The Morgan fingerprint density at radius 1 is 1.07 bits per heavy atom. The van der Waals surface area contributed by atoms with Crippen molar-refractivity contribution < 1.29 is 23.9 Å². The van der Waals surface area contributed by atoms with Crippen LogP contribution in [0, 0.1) is 23.2 Å². The summed E-state index contributed by atoms with van der Waals surface area (Å²) in [5.41, 5.74) is 1.94. The molecule has 44 heavy (non-hydrogen) atoms. The van der Waals surface area contributed by atoms with Crippen molar-refractivity contribution in [2.45, 2.75) is 87.9 Å². The van der Waals surface area contributed by atoms with Crippen LogP contribution in [0.1, 0.15) is 91.4 Å². The second kappa shape index (κ2) is 10.6. The maximum atomic E-state index is 14.5. The smallest absolute Gasteiger partial charge is 0.276 e. The summed E-state index contributed by atoms with van der Waals surface area (Å²) in [5.74, 6) is 0.547. The third-order valence-electron chi connectivity index (χ3n) is 10.6. The lowest BCUT2D eigenvalue weighted by atomic mass is 9.81. The maximum absolute atomic E-state index is 14.5. The standard InChI is InChI=1S/C33H38N6O5/c1-2-37-31-27(29(36-39(31)20-9-12-43-13-10-20)33(42)38-21(17-34)15-19-16-24(19)38)26(18-7-8-18)28(32(37)41)35-30(40)23-11-14-44-25-6-4-3-5-22(23)25/h3-6,18-21,23-24,26,28H,2,7-16H2,1H3,(H,35,40)/t19-,21-,23?,24+,26-,28-/m0/s1. The molecule has 230 valence electrons. The lowest BCUT2D eigenvalue weighted by molar-refractivity contribution is -0.129. The van der Waals surface area contributed by atoms with E-state index in [4.69, 9.17) is 14.6 Å². The van der Waals surface area contributed by atoms with Crippen molar-refractivity contribution in [3.8, 4) is 11.8 Å². The first-order valence-corrected chi connectivity index (χ1v) is 16.3. The SMILES string of the molecule is CCN1C(=O)[C@@H](NC(=O)C2CCOc3ccccc32)[C@@H](C2CC2)c2c(C(=O)N3[C@H](C#N)C[C@H]4C[C@H]43)nn(C3CCOCC3)c21. The molecule has 2 aliphatic carbocycles. The Bertz CT molecular complexity index is 1550. The summed E-state index contributed by atoms with van der Waals surface area (Å²) in [5, 5.41) is 18.2. The fourth-order valence-electron chi connectivity index (χ4n) is 8.22. The molecule has 6 aliphatic rings. The summed E-state index contributed by atoms with van der Waals surface area (Å²) in [6.45, 7) is 3.92. The van der Waals surface area contributed by atoms with Gasteiger partial charge in [0.05, 0.1) is 24.6 Å². The van der Waals surface area contributed by atoms with E-state index in [1.807, 2.05) is 35.9 Å².